The molecular weight excluding hydrogens is 256 g/mol. The van der Waals surface area contributed by atoms with Crippen molar-refractivity contribution < 1.29 is 4.79 Å². The highest BCUT2D eigenvalue weighted by molar-refractivity contribution is 7.99. The Balaban J connectivity index is 2.17. The zero-order valence-electron chi connectivity index (χ0n) is 11.7. The van der Waals surface area contributed by atoms with Crippen LogP contribution in [0.5, 0.6) is 0 Å². The van der Waals surface area contributed by atoms with Crippen LogP contribution in [0.4, 0.5) is 5.69 Å². The zero-order chi connectivity index (χ0) is 13.9. The Hall–Kier alpha value is -1.16. The molecule has 0 unspecified atom stereocenters. The third kappa shape index (κ3) is 6.53. The molecule has 0 aliphatic carbocycles. The average Bonchev–Trinajstić information content (AvgIpc) is 2.42. The topological polar surface area (TPSA) is 55.1 Å². The van der Waals surface area contributed by atoms with Crippen molar-refractivity contribution in [2.45, 2.75) is 39.0 Å². The smallest absolute Gasteiger partial charge is 0.250 e. The lowest BCUT2D eigenvalue weighted by atomic mass is 10.2. The number of thioether (sulfide) groups is 1. The first kappa shape index (κ1) is 15.9. The van der Waals surface area contributed by atoms with Crippen LogP contribution < -0.4 is 11.1 Å². The van der Waals surface area contributed by atoms with E-state index in [0.717, 1.165) is 17.3 Å². The molecule has 0 radical (unpaired) electrons. The van der Waals surface area contributed by atoms with Crippen LogP contribution >= 0.6 is 11.8 Å². The number of amides is 1. The van der Waals surface area contributed by atoms with Crippen molar-refractivity contribution in [2.24, 2.45) is 5.73 Å². The SMILES string of the molecule is CCCCCCCSCNc1ccccc1C(N)=O. The number of unbranched alkanes of at least 4 members (excludes halogenated alkanes) is 4. The number of carbonyl (C=O) groups is 1. The molecule has 1 amide bonds. The lowest BCUT2D eigenvalue weighted by Gasteiger charge is -2.09. The summed E-state index contributed by atoms with van der Waals surface area (Å²) in [5, 5.41) is 3.26. The second-order valence-electron chi connectivity index (χ2n) is 4.55. The molecule has 19 heavy (non-hydrogen) atoms. The quantitative estimate of drug-likeness (QED) is 0.505. The number of nitrogens with one attached hydrogen (secondary N) is 1. The lowest BCUT2D eigenvalue weighted by molar-refractivity contribution is 0.100. The van der Waals surface area contributed by atoms with Crippen LogP contribution in [0.1, 0.15) is 49.4 Å². The fraction of sp³-hybridized carbons (Fsp3) is 0.533. The van der Waals surface area contributed by atoms with Crippen LogP contribution in [-0.2, 0) is 0 Å². The standard InChI is InChI=1S/C15H24N2OS/c1-2-3-4-5-8-11-19-12-17-14-10-7-6-9-13(14)15(16)18/h6-7,9-10,17H,2-5,8,11-12H2,1H3,(H2,16,18). The van der Waals surface area contributed by atoms with Gasteiger partial charge < -0.3 is 11.1 Å². The Bertz CT molecular complexity index is 382. The van der Waals surface area contributed by atoms with E-state index in [9.17, 15) is 4.79 Å². The molecule has 1 rings (SSSR count). The van der Waals surface area contributed by atoms with Crippen molar-refractivity contribution in [1.29, 1.82) is 0 Å². The third-order valence-electron chi connectivity index (χ3n) is 2.95. The summed E-state index contributed by atoms with van der Waals surface area (Å²) in [6.45, 7) is 2.23. The monoisotopic (exact) mass is 280 g/mol. The first-order chi connectivity index (χ1) is 9.25. The molecule has 0 fully saturated rings. The van der Waals surface area contributed by atoms with Gasteiger partial charge in [0.25, 0.3) is 5.91 Å². The van der Waals surface area contributed by atoms with E-state index in [2.05, 4.69) is 12.2 Å². The highest BCUT2D eigenvalue weighted by atomic mass is 32.2. The maximum atomic E-state index is 11.2. The molecule has 3 N–H and O–H groups in total. The van der Waals surface area contributed by atoms with Crippen molar-refractivity contribution in [3.63, 3.8) is 0 Å². The number of nitrogens with two attached hydrogens (primary N) is 1. The van der Waals surface area contributed by atoms with E-state index in [1.807, 2.05) is 30.0 Å². The Morgan fingerprint density at radius 2 is 1.95 bits per heavy atom. The highest BCUT2D eigenvalue weighted by Gasteiger charge is 2.05. The number of primary amides is 1. The van der Waals surface area contributed by atoms with Crippen molar-refractivity contribution in [2.75, 3.05) is 16.9 Å². The van der Waals surface area contributed by atoms with Gasteiger partial charge in [-0.3, -0.25) is 4.79 Å². The molecule has 106 valence electrons. The molecule has 0 aromatic heterocycles. The number of anilines is 1. The molecule has 0 spiro atoms. The number of hydrogen-bond acceptors (Lipinski definition) is 3. The van der Waals surface area contributed by atoms with E-state index < -0.39 is 0 Å². The Morgan fingerprint density at radius 3 is 2.68 bits per heavy atom. The predicted molar refractivity (Wildman–Crippen MR) is 84.7 cm³/mol. The molecule has 0 aliphatic rings. The summed E-state index contributed by atoms with van der Waals surface area (Å²) in [7, 11) is 0. The molecule has 0 atom stereocenters. The fourth-order valence-electron chi connectivity index (χ4n) is 1.86. The van der Waals surface area contributed by atoms with Gasteiger partial charge in [0.15, 0.2) is 0 Å². The first-order valence-corrected chi connectivity index (χ1v) is 8.11. The molecular formula is C15H24N2OS. The van der Waals surface area contributed by atoms with Crippen LogP contribution in [0, 0.1) is 0 Å². The Kier molecular flexibility index (Phi) is 8.14. The van der Waals surface area contributed by atoms with Gasteiger partial charge in [0.05, 0.1) is 11.4 Å². The van der Waals surface area contributed by atoms with Gasteiger partial charge in [-0.15, -0.1) is 11.8 Å². The predicted octanol–water partition coefficient (Wildman–Crippen LogP) is 3.86. The number of rotatable bonds is 10. The van der Waals surface area contributed by atoms with Crippen molar-refractivity contribution in [1.82, 2.24) is 0 Å². The summed E-state index contributed by atoms with van der Waals surface area (Å²) < 4.78 is 0. The summed E-state index contributed by atoms with van der Waals surface area (Å²) in [5.41, 5.74) is 6.72. The molecule has 1 aromatic rings. The fourth-order valence-corrected chi connectivity index (χ4v) is 2.67. The normalized spacial score (nSPS) is 10.4. The van der Waals surface area contributed by atoms with Gasteiger partial charge in [-0.1, -0.05) is 44.7 Å². The summed E-state index contributed by atoms with van der Waals surface area (Å²) in [6.07, 6.45) is 6.56. The van der Waals surface area contributed by atoms with Crippen LogP contribution in [0.3, 0.4) is 0 Å². The second-order valence-corrected chi connectivity index (χ2v) is 5.66. The molecule has 3 nitrogen and oxygen atoms in total. The minimum atomic E-state index is -0.382. The van der Waals surface area contributed by atoms with Gasteiger partial charge in [-0.25, -0.2) is 0 Å². The Morgan fingerprint density at radius 1 is 1.21 bits per heavy atom. The summed E-state index contributed by atoms with van der Waals surface area (Å²) in [5.74, 6) is 1.60. The largest absolute Gasteiger partial charge is 0.375 e. The van der Waals surface area contributed by atoms with E-state index in [4.69, 9.17) is 5.73 Å². The van der Waals surface area contributed by atoms with Gasteiger partial charge in [0.1, 0.15) is 0 Å². The van der Waals surface area contributed by atoms with Crippen LogP contribution in [0.15, 0.2) is 24.3 Å². The number of benzene rings is 1. The van der Waals surface area contributed by atoms with Crippen LogP contribution in [0.25, 0.3) is 0 Å². The van der Waals surface area contributed by atoms with Crippen molar-refractivity contribution in [3.05, 3.63) is 29.8 Å². The van der Waals surface area contributed by atoms with Crippen molar-refractivity contribution in [3.8, 4) is 0 Å². The molecule has 4 heteroatoms. The maximum absolute atomic E-state index is 11.2. The molecule has 0 heterocycles. The Labute approximate surface area is 120 Å². The number of hydrogen-bond donors (Lipinski definition) is 2. The van der Waals surface area contributed by atoms with E-state index in [1.165, 1.54) is 32.1 Å². The van der Waals surface area contributed by atoms with Gasteiger partial charge in [-0.05, 0) is 24.3 Å². The van der Waals surface area contributed by atoms with E-state index in [-0.39, 0.29) is 5.91 Å². The van der Waals surface area contributed by atoms with Crippen LogP contribution in [0.2, 0.25) is 0 Å². The van der Waals surface area contributed by atoms with E-state index in [1.54, 1.807) is 6.07 Å². The highest BCUT2D eigenvalue weighted by Crippen LogP contribution is 2.16. The molecule has 0 bridgehead atoms. The summed E-state index contributed by atoms with van der Waals surface area (Å²) >= 11 is 1.86. The van der Waals surface area contributed by atoms with Gasteiger partial charge >= 0.3 is 0 Å². The first-order valence-electron chi connectivity index (χ1n) is 6.96. The van der Waals surface area contributed by atoms with Crippen molar-refractivity contribution >= 4 is 23.4 Å². The van der Waals surface area contributed by atoms with Gasteiger partial charge in [0, 0.05) is 5.69 Å². The molecule has 0 aliphatic heterocycles. The lowest BCUT2D eigenvalue weighted by Crippen LogP contribution is -2.14. The minimum absolute atomic E-state index is 0.382. The van der Waals surface area contributed by atoms with Gasteiger partial charge in [-0.2, -0.15) is 0 Å². The maximum Gasteiger partial charge on any atom is 0.250 e. The third-order valence-corrected chi connectivity index (χ3v) is 3.88. The molecule has 0 saturated carbocycles. The van der Waals surface area contributed by atoms with E-state index in [0.29, 0.717) is 5.56 Å². The van der Waals surface area contributed by atoms with Crippen LogP contribution in [-0.4, -0.2) is 17.5 Å². The second kappa shape index (κ2) is 9.73. The minimum Gasteiger partial charge on any atom is -0.375 e. The van der Waals surface area contributed by atoms with Gasteiger partial charge in [0.2, 0.25) is 0 Å². The number of carbonyl (C=O) groups excluding carboxylic acids is 1. The summed E-state index contributed by atoms with van der Waals surface area (Å²) in [6, 6.07) is 7.37. The summed E-state index contributed by atoms with van der Waals surface area (Å²) in [4.78, 5) is 11.2. The zero-order valence-corrected chi connectivity index (χ0v) is 12.5. The molecule has 1 aromatic carbocycles. The van der Waals surface area contributed by atoms with E-state index >= 15 is 0 Å². The number of para-hydroxylation sites is 1. The molecule has 0 saturated heterocycles. The average molecular weight is 280 g/mol.